The lowest BCUT2D eigenvalue weighted by Gasteiger charge is -2.43. The molecule has 2 saturated heterocycles. The fourth-order valence-corrected chi connectivity index (χ4v) is 5.69. The van der Waals surface area contributed by atoms with E-state index in [2.05, 4.69) is 0 Å². The average molecular weight is 516 g/mol. The molecule has 1 aromatic carbocycles. The Morgan fingerprint density at radius 2 is 1.37 bits per heavy atom. The predicted molar refractivity (Wildman–Crippen MR) is 121 cm³/mol. The van der Waals surface area contributed by atoms with E-state index in [9.17, 15) is 9.36 Å². The molecule has 0 bridgehead atoms. The summed E-state index contributed by atoms with van der Waals surface area (Å²) in [5, 5.41) is 0. The lowest BCUT2D eigenvalue weighted by Crippen LogP contribution is -2.63. The molecule has 4 rings (SSSR count). The Balaban J connectivity index is 1.65. The summed E-state index contributed by atoms with van der Waals surface area (Å²) in [7, 11) is -1.42. The Morgan fingerprint density at radius 1 is 0.886 bits per heavy atom. The molecular weight excluding hydrogens is 483 g/mol. The SMILES string of the molecule is COC(C)O[C@@H]1[C@H]2OC(C)(C)O[C@H]2[C@@H](OP(=O)(OC)Oc2ccc(C=O)cc2)[C@@H]2OC(C)(C)O[C@@H]12. The zero-order valence-corrected chi connectivity index (χ0v) is 21.8. The normalized spacial score (nSPS) is 35.5. The molecule has 2 unspecified atom stereocenters. The number of ether oxygens (including phenoxy) is 6. The van der Waals surface area contributed by atoms with Gasteiger partial charge in [0.1, 0.15) is 48.7 Å². The van der Waals surface area contributed by atoms with Gasteiger partial charge in [-0.2, -0.15) is 0 Å². The standard InChI is InChI=1S/C23H33O11P/c1-13(26-6)28-16-17-19(31-22(2,3)29-17)21(20-18(16)30-23(4,5)32-20)34-35(25,27-7)33-15-10-8-14(12-24)9-11-15/h8-13,16-21H,1-7H3/t13?,16-,17-,18+,19-,20-,21-,35?/m1/s1. The number of benzene rings is 1. The maximum atomic E-state index is 13.6. The van der Waals surface area contributed by atoms with E-state index in [4.69, 9.17) is 42.0 Å². The molecule has 3 fully saturated rings. The van der Waals surface area contributed by atoms with E-state index in [1.54, 1.807) is 34.6 Å². The van der Waals surface area contributed by atoms with Crippen molar-refractivity contribution in [3.8, 4) is 5.75 Å². The highest BCUT2D eigenvalue weighted by molar-refractivity contribution is 7.48. The van der Waals surface area contributed by atoms with Gasteiger partial charge in [-0.05, 0) is 58.9 Å². The third kappa shape index (κ3) is 5.64. The molecule has 8 atom stereocenters. The number of fused-ring (bicyclic) bond motifs is 2. The van der Waals surface area contributed by atoms with Crippen molar-refractivity contribution in [2.75, 3.05) is 14.2 Å². The van der Waals surface area contributed by atoms with E-state index in [1.165, 1.54) is 38.5 Å². The van der Waals surface area contributed by atoms with Crippen molar-refractivity contribution < 1.29 is 51.4 Å². The molecule has 12 heteroatoms. The Bertz CT molecular complexity index is 917. The molecule has 0 N–H and O–H groups in total. The van der Waals surface area contributed by atoms with Crippen LogP contribution in [0.5, 0.6) is 5.75 Å². The van der Waals surface area contributed by atoms with Crippen molar-refractivity contribution >= 4 is 14.1 Å². The molecule has 0 radical (unpaired) electrons. The molecule has 1 aliphatic carbocycles. The van der Waals surface area contributed by atoms with Crippen LogP contribution in [0.1, 0.15) is 45.0 Å². The second-order valence-electron chi connectivity index (χ2n) is 9.51. The first-order valence-electron chi connectivity index (χ1n) is 11.4. The number of carbonyl (C=O) groups excluding carboxylic acids is 1. The molecule has 2 heterocycles. The number of phosphoric ester groups is 1. The van der Waals surface area contributed by atoms with Crippen LogP contribution in [0, 0.1) is 0 Å². The molecule has 0 spiro atoms. The van der Waals surface area contributed by atoms with Crippen LogP contribution >= 0.6 is 7.82 Å². The average Bonchev–Trinajstić information content (AvgIpc) is 3.31. The molecule has 0 aromatic heterocycles. The maximum Gasteiger partial charge on any atom is 0.530 e. The van der Waals surface area contributed by atoms with E-state index in [-0.39, 0.29) is 5.75 Å². The van der Waals surface area contributed by atoms with Gasteiger partial charge in [-0.3, -0.25) is 13.8 Å². The first-order valence-corrected chi connectivity index (χ1v) is 12.8. The second-order valence-corrected chi connectivity index (χ2v) is 11.2. The Kier molecular flexibility index (Phi) is 7.47. The van der Waals surface area contributed by atoms with Crippen LogP contribution in [0.15, 0.2) is 24.3 Å². The summed E-state index contributed by atoms with van der Waals surface area (Å²) in [6.45, 7) is 8.82. The first kappa shape index (κ1) is 26.7. The fraction of sp³-hybridized carbons (Fsp3) is 0.696. The van der Waals surface area contributed by atoms with E-state index >= 15 is 0 Å². The van der Waals surface area contributed by atoms with E-state index < -0.39 is 62.3 Å². The fourth-order valence-electron chi connectivity index (χ4n) is 4.56. The highest BCUT2D eigenvalue weighted by atomic mass is 31.2. The van der Waals surface area contributed by atoms with Crippen LogP contribution < -0.4 is 4.52 Å². The molecule has 1 aromatic rings. The van der Waals surface area contributed by atoms with Crippen molar-refractivity contribution in [3.63, 3.8) is 0 Å². The Morgan fingerprint density at radius 3 is 1.80 bits per heavy atom. The van der Waals surface area contributed by atoms with Crippen molar-refractivity contribution in [2.24, 2.45) is 0 Å². The summed E-state index contributed by atoms with van der Waals surface area (Å²) in [5.74, 6) is -1.76. The lowest BCUT2D eigenvalue weighted by atomic mass is 9.85. The van der Waals surface area contributed by atoms with E-state index in [0.717, 1.165) is 0 Å². The molecule has 35 heavy (non-hydrogen) atoms. The minimum atomic E-state index is -4.17. The highest BCUT2D eigenvalue weighted by Crippen LogP contribution is 2.55. The minimum Gasteiger partial charge on any atom is -0.404 e. The number of rotatable bonds is 9. The van der Waals surface area contributed by atoms with Crippen molar-refractivity contribution in [1.29, 1.82) is 0 Å². The predicted octanol–water partition coefficient (Wildman–Crippen LogP) is 3.45. The van der Waals surface area contributed by atoms with Gasteiger partial charge in [0, 0.05) is 19.8 Å². The molecule has 11 nitrogen and oxygen atoms in total. The van der Waals surface area contributed by atoms with Crippen LogP contribution in [0.3, 0.4) is 0 Å². The topological polar surface area (TPSA) is 117 Å². The maximum absolute atomic E-state index is 13.6. The van der Waals surface area contributed by atoms with Gasteiger partial charge in [-0.25, -0.2) is 4.57 Å². The van der Waals surface area contributed by atoms with Crippen LogP contribution in [-0.2, 0) is 42.0 Å². The smallest absolute Gasteiger partial charge is 0.404 e. The Hall–Kier alpha value is -1.40. The van der Waals surface area contributed by atoms with Crippen LogP contribution in [0.4, 0.5) is 0 Å². The van der Waals surface area contributed by atoms with Gasteiger partial charge in [0.25, 0.3) is 0 Å². The van der Waals surface area contributed by atoms with E-state index in [0.29, 0.717) is 11.8 Å². The Labute approximate surface area is 204 Å². The molecule has 196 valence electrons. The van der Waals surface area contributed by atoms with Crippen molar-refractivity contribution in [1.82, 2.24) is 0 Å². The monoisotopic (exact) mass is 516 g/mol. The molecule has 3 aliphatic rings. The third-order valence-electron chi connectivity index (χ3n) is 6.01. The van der Waals surface area contributed by atoms with Crippen LogP contribution in [0.25, 0.3) is 0 Å². The summed E-state index contributed by atoms with van der Waals surface area (Å²) < 4.78 is 66.6. The highest BCUT2D eigenvalue weighted by Gasteiger charge is 2.65. The number of carbonyl (C=O) groups is 1. The number of phosphoric acid groups is 1. The second kappa shape index (κ2) is 9.81. The zero-order valence-electron chi connectivity index (χ0n) is 20.9. The van der Waals surface area contributed by atoms with Gasteiger partial charge in [-0.15, -0.1) is 0 Å². The zero-order chi connectivity index (χ0) is 25.6. The summed E-state index contributed by atoms with van der Waals surface area (Å²) in [4.78, 5) is 10.9. The number of hydrogen-bond donors (Lipinski definition) is 0. The molecule has 1 saturated carbocycles. The third-order valence-corrected chi connectivity index (χ3v) is 7.39. The van der Waals surface area contributed by atoms with Crippen LogP contribution in [-0.4, -0.2) is 75.0 Å². The number of methoxy groups -OCH3 is 1. The summed E-state index contributed by atoms with van der Waals surface area (Å²) >= 11 is 0. The molecular formula is C23H33O11P. The first-order chi connectivity index (χ1) is 16.4. The van der Waals surface area contributed by atoms with E-state index in [1.807, 2.05) is 0 Å². The minimum absolute atomic E-state index is 0.202. The van der Waals surface area contributed by atoms with Gasteiger partial charge in [0.2, 0.25) is 0 Å². The van der Waals surface area contributed by atoms with Crippen molar-refractivity contribution in [2.45, 2.75) is 89.1 Å². The van der Waals surface area contributed by atoms with Gasteiger partial charge < -0.3 is 32.9 Å². The van der Waals surface area contributed by atoms with Gasteiger partial charge >= 0.3 is 7.82 Å². The number of aldehydes is 1. The quantitative estimate of drug-likeness (QED) is 0.273. The van der Waals surface area contributed by atoms with Gasteiger partial charge in [0.15, 0.2) is 17.9 Å². The summed E-state index contributed by atoms with van der Waals surface area (Å²) in [6.07, 6.45) is -4.23. The molecule has 0 amide bonds. The summed E-state index contributed by atoms with van der Waals surface area (Å²) in [6, 6.07) is 6.05. The van der Waals surface area contributed by atoms with Gasteiger partial charge in [-0.1, -0.05) is 0 Å². The van der Waals surface area contributed by atoms with Crippen molar-refractivity contribution in [3.05, 3.63) is 29.8 Å². The van der Waals surface area contributed by atoms with Crippen LogP contribution in [0.2, 0.25) is 0 Å². The number of hydrogen-bond acceptors (Lipinski definition) is 11. The lowest BCUT2D eigenvalue weighted by molar-refractivity contribution is -0.234. The largest absolute Gasteiger partial charge is 0.530 e. The van der Waals surface area contributed by atoms with Gasteiger partial charge in [0.05, 0.1) is 0 Å². The summed E-state index contributed by atoms with van der Waals surface area (Å²) in [5.41, 5.74) is 0.442. The molecule has 2 aliphatic heterocycles.